The Morgan fingerprint density at radius 3 is 2.32 bits per heavy atom. The van der Waals surface area contributed by atoms with Gasteiger partial charge >= 0.3 is 5.97 Å². The summed E-state index contributed by atoms with van der Waals surface area (Å²) >= 11 is 3.22. The largest absolute Gasteiger partial charge is 0.467 e. The molecule has 1 aliphatic rings. The zero-order chi connectivity index (χ0) is 39.4. The van der Waals surface area contributed by atoms with Gasteiger partial charge in [0.05, 0.1) is 43.7 Å². The first-order valence-corrected chi connectivity index (χ1v) is 19.1. The van der Waals surface area contributed by atoms with Crippen LogP contribution in [0.1, 0.15) is 65.9 Å². The van der Waals surface area contributed by atoms with Gasteiger partial charge in [-0.05, 0) is 52.2 Å². The molecular weight excluding hydrogens is 749 g/mol. The van der Waals surface area contributed by atoms with Crippen LogP contribution >= 0.6 is 15.9 Å². The molecule has 0 spiro atoms. The molecule has 1 aromatic carbocycles. The van der Waals surface area contributed by atoms with E-state index in [1.807, 2.05) is 58.0 Å². The summed E-state index contributed by atoms with van der Waals surface area (Å²) < 4.78 is 32.1. The molecule has 0 radical (unpaired) electrons. The molecule has 0 saturated carbocycles. The number of rotatable bonds is 19. The van der Waals surface area contributed by atoms with Gasteiger partial charge in [0, 0.05) is 44.9 Å². The predicted molar refractivity (Wildman–Crippen MR) is 204 cm³/mol. The van der Waals surface area contributed by atoms with Crippen molar-refractivity contribution in [1.82, 2.24) is 20.1 Å². The number of aromatic nitrogens is 1. The number of benzene rings is 1. The van der Waals surface area contributed by atoms with Crippen LogP contribution < -0.4 is 10.6 Å². The number of methoxy groups -OCH3 is 3. The number of carbonyl (C=O) groups is 4. The number of amides is 3. The lowest BCUT2D eigenvalue weighted by atomic mass is 9.89. The molecule has 0 bridgehead atoms. The third-order valence-corrected chi connectivity index (χ3v) is 10.8. The van der Waals surface area contributed by atoms with Crippen LogP contribution in [-0.2, 0) is 39.8 Å². The molecular formula is C39H57BrFN5O7. The molecule has 0 unspecified atom stereocenters. The Balaban J connectivity index is 1.79. The van der Waals surface area contributed by atoms with Crippen molar-refractivity contribution in [2.75, 3.05) is 40.2 Å². The molecule has 3 rings (SSSR count). The van der Waals surface area contributed by atoms with Crippen molar-refractivity contribution in [3.63, 3.8) is 0 Å². The Bertz CT molecular complexity index is 1520. The van der Waals surface area contributed by atoms with E-state index in [1.165, 1.54) is 33.6 Å². The van der Waals surface area contributed by atoms with Gasteiger partial charge in [0.25, 0.3) is 0 Å². The fourth-order valence-corrected chi connectivity index (χ4v) is 7.50. The molecule has 3 amide bonds. The highest BCUT2D eigenvalue weighted by Crippen LogP contribution is 2.30. The number of ether oxygens (including phenoxy) is 3. The molecule has 1 saturated heterocycles. The van der Waals surface area contributed by atoms with Crippen molar-refractivity contribution < 1.29 is 37.8 Å². The van der Waals surface area contributed by atoms with Gasteiger partial charge in [-0.2, -0.15) is 0 Å². The maximum Gasteiger partial charge on any atom is 0.328 e. The van der Waals surface area contributed by atoms with E-state index in [9.17, 15) is 23.6 Å². The lowest BCUT2D eigenvalue weighted by Gasteiger charge is -2.41. The Morgan fingerprint density at radius 2 is 1.75 bits per heavy atom. The molecule has 12 nitrogen and oxygen atoms in total. The summed E-state index contributed by atoms with van der Waals surface area (Å²) in [7, 11) is 6.02. The summed E-state index contributed by atoms with van der Waals surface area (Å²) in [5.74, 6) is -3.00. The summed E-state index contributed by atoms with van der Waals surface area (Å²) in [5.41, 5.74) is 0.869. The van der Waals surface area contributed by atoms with Gasteiger partial charge < -0.3 is 34.6 Å². The maximum atomic E-state index is 14.8. The second-order valence-corrected chi connectivity index (χ2v) is 15.1. The number of nitrogens with zero attached hydrogens (tertiary/aromatic N) is 3. The number of carbonyl (C=O) groups excluding carboxylic acids is 4. The van der Waals surface area contributed by atoms with Gasteiger partial charge in [-0.1, -0.05) is 71.4 Å². The second-order valence-electron chi connectivity index (χ2n) is 14.2. The fraction of sp³-hybridized carbons (Fsp3) is 0.615. The van der Waals surface area contributed by atoms with E-state index >= 15 is 0 Å². The van der Waals surface area contributed by atoms with Crippen molar-refractivity contribution in [2.24, 2.45) is 17.8 Å². The number of esters is 1. The standard InChI is InChI=1S/C39H57BrFN5O7/c1-10-24(4)34(45(6)38(49)33(23(2)3)44-36-28(41)20-27(40)22-42-36)31(51-7)21-32(47)46-18-14-17-30(46)35(52-8)25(5)37(48)43-29(39(50)53-9)19-26-15-12-11-13-16-26/h11-13,15-16,20,22-25,29-31,33-35H,10,14,17-19,21H2,1-9H3,(H,42,44)(H,43,48)/t24-,25+,29-,30-,31+,33-,34-,35+/m0/s1. The van der Waals surface area contributed by atoms with Crippen LogP contribution in [0.15, 0.2) is 47.1 Å². The van der Waals surface area contributed by atoms with Crippen LogP contribution in [-0.4, -0.2) is 110 Å². The first kappa shape index (κ1) is 43.8. The van der Waals surface area contributed by atoms with Gasteiger partial charge in [-0.15, -0.1) is 0 Å². The minimum atomic E-state index is -0.897. The van der Waals surface area contributed by atoms with E-state index in [4.69, 9.17) is 14.2 Å². The number of nitrogens with one attached hydrogen (secondary N) is 2. The lowest BCUT2D eigenvalue weighted by Crippen LogP contribution is -2.56. The van der Waals surface area contributed by atoms with Crippen molar-refractivity contribution in [3.05, 3.63) is 58.4 Å². The normalized spacial score (nSPS) is 18.3. The zero-order valence-electron chi connectivity index (χ0n) is 32.4. The molecule has 1 aliphatic heterocycles. The Kier molecular flexibility index (Phi) is 17.1. The Hall–Kier alpha value is -3.62. The van der Waals surface area contributed by atoms with Crippen molar-refractivity contribution in [3.8, 4) is 0 Å². The van der Waals surface area contributed by atoms with Gasteiger partial charge in [0.15, 0.2) is 11.6 Å². The number of anilines is 1. The molecule has 14 heteroatoms. The third-order valence-electron chi connectivity index (χ3n) is 10.4. The molecule has 294 valence electrons. The van der Waals surface area contributed by atoms with Crippen LogP contribution in [0.3, 0.4) is 0 Å². The zero-order valence-corrected chi connectivity index (χ0v) is 34.0. The average molecular weight is 807 g/mol. The molecule has 1 aromatic heterocycles. The van der Waals surface area contributed by atoms with Gasteiger partial charge in [-0.25, -0.2) is 14.2 Å². The summed E-state index contributed by atoms with van der Waals surface area (Å²) in [6.45, 7) is 9.97. The van der Waals surface area contributed by atoms with Gasteiger partial charge in [0.1, 0.15) is 12.1 Å². The van der Waals surface area contributed by atoms with Crippen LogP contribution in [0.5, 0.6) is 0 Å². The van der Waals surface area contributed by atoms with E-state index in [0.717, 1.165) is 12.0 Å². The number of likely N-dealkylation sites (tertiary alicyclic amines) is 1. The SMILES string of the molecule is CC[C@H](C)[C@@H]([C@@H](CC(=O)N1CCC[C@H]1[C@H](OC)[C@@H](C)C(=O)N[C@@H](Cc1ccccc1)C(=O)OC)OC)N(C)C(=O)[C@@H](Nc1ncc(Br)cc1F)C(C)C. The summed E-state index contributed by atoms with van der Waals surface area (Å²) in [6.07, 6.45) is 2.44. The fourth-order valence-electron chi connectivity index (χ4n) is 7.20. The summed E-state index contributed by atoms with van der Waals surface area (Å²) in [4.78, 5) is 62.1. The quantitative estimate of drug-likeness (QED) is 0.183. The van der Waals surface area contributed by atoms with Crippen LogP contribution in [0, 0.1) is 23.6 Å². The average Bonchev–Trinajstić information content (AvgIpc) is 3.63. The Labute approximate surface area is 322 Å². The first-order valence-electron chi connectivity index (χ1n) is 18.3. The Morgan fingerprint density at radius 1 is 1.08 bits per heavy atom. The molecule has 53 heavy (non-hydrogen) atoms. The van der Waals surface area contributed by atoms with Crippen LogP contribution in [0.2, 0.25) is 0 Å². The van der Waals surface area contributed by atoms with Gasteiger partial charge in [0.2, 0.25) is 17.7 Å². The van der Waals surface area contributed by atoms with E-state index in [-0.39, 0.29) is 48.2 Å². The minimum absolute atomic E-state index is 0.0131. The van der Waals surface area contributed by atoms with Crippen molar-refractivity contribution in [1.29, 1.82) is 0 Å². The number of hydrogen-bond donors (Lipinski definition) is 2. The molecule has 2 N–H and O–H groups in total. The maximum absolute atomic E-state index is 14.8. The van der Waals surface area contributed by atoms with Crippen molar-refractivity contribution >= 4 is 45.4 Å². The summed E-state index contributed by atoms with van der Waals surface area (Å²) in [6, 6.07) is 8.05. The molecule has 0 aliphatic carbocycles. The number of likely N-dealkylation sites (N-methyl/N-ethyl adjacent to an activating group) is 1. The monoisotopic (exact) mass is 805 g/mol. The highest BCUT2D eigenvalue weighted by molar-refractivity contribution is 9.10. The third kappa shape index (κ3) is 11.4. The number of pyridine rings is 1. The first-order chi connectivity index (χ1) is 25.2. The minimum Gasteiger partial charge on any atom is -0.467 e. The van der Waals surface area contributed by atoms with Crippen LogP contribution in [0.4, 0.5) is 10.2 Å². The number of halogens is 2. The van der Waals surface area contributed by atoms with Gasteiger partial charge in [-0.3, -0.25) is 14.4 Å². The molecule has 8 atom stereocenters. The molecule has 2 aromatic rings. The molecule has 2 heterocycles. The number of hydrogen-bond acceptors (Lipinski definition) is 9. The smallest absolute Gasteiger partial charge is 0.328 e. The predicted octanol–water partition coefficient (Wildman–Crippen LogP) is 5.24. The second kappa shape index (κ2) is 20.7. The highest BCUT2D eigenvalue weighted by atomic mass is 79.9. The van der Waals surface area contributed by atoms with E-state index in [0.29, 0.717) is 23.9 Å². The highest BCUT2D eigenvalue weighted by Gasteiger charge is 2.43. The van der Waals surface area contributed by atoms with E-state index < -0.39 is 54.1 Å². The van der Waals surface area contributed by atoms with E-state index in [2.05, 4.69) is 31.5 Å². The topological polar surface area (TPSA) is 139 Å². The lowest BCUT2D eigenvalue weighted by molar-refractivity contribution is -0.148. The van der Waals surface area contributed by atoms with Crippen LogP contribution in [0.25, 0.3) is 0 Å². The van der Waals surface area contributed by atoms with Crippen molar-refractivity contribution in [2.45, 2.75) is 103 Å². The molecule has 1 fully saturated rings. The van der Waals surface area contributed by atoms with E-state index in [1.54, 1.807) is 23.8 Å². The summed E-state index contributed by atoms with van der Waals surface area (Å²) in [5, 5.41) is 5.85.